The molecule has 0 bridgehead atoms. The molecule has 0 aliphatic rings. The van der Waals surface area contributed by atoms with Crippen molar-refractivity contribution in [1.82, 2.24) is 0 Å². The number of amides is 1. The van der Waals surface area contributed by atoms with Crippen molar-refractivity contribution in [1.29, 1.82) is 0 Å². The third-order valence-electron chi connectivity index (χ3n) is 3.68. The first-order valence-corrected chi connectivity index (χ1v) is 9.95. The second-order valence-electron chi connectivity index (χ2n) is 6.05. The van der Waals surface area contributed by atoms with Gasteiger partial charge in [0.2, 0.25) is 15.9 Å². The molecule has 2 aromatic rings. The Morgan fingerprint density at radius 1 is 1.12 bits per heavy atom. The number of para-hydroxylation sites is 1. The van der Waals surface area contributed by atoms with Crippen molar-refractivity contribution in [3.05, 3.63) is 58.6 Å². The molecular weight excluding hydrogens is 360 g/mol. The molecule has 1 N–H and O–H groups in total. The second kappa shape index (κ2) is 7.45. The van der Waals surface area contributed by atoms with Crippen molar-refractivity contribution in [2.45, 2.75) is 26.8 Å². The summed E-state index contributed by atoms with van der Waals surface area (Å²) in [5, 5.41) is 3.07. The van der Waals surface area contributed by atoms with Crippen LogP contribution in [-0.2, 0) is 14.8 Å². The molecule has 7 heteroatoms. The van der Waals surface area contributed by atoms with Gasteiger partial charge in [-0.25, -0.2) is 8.42 Å². The predicted molar refractivity (Wildman–Crippen MR) is 103 cm³/mol. The number of rotatable bonds is 5. The molecule has 0 aliphatic carbocycles. The van der Waals surface area contributed by atoms with Crippen LogP contribution in [0.25, 0.3) is 0 Å². The molecule has 0 heterocycles. The first kappa shape index (κ1) is 19.3. The monoisotopic (exact) mass is 380 g/mol. The van der Waals surface area contributed by atoms with Crippen molar-refractivity contribution in [3.63, 3.8) is 0 Å². The number of hydrogen-bond acceptors (Lipinski definition) is 3. The lowest BCUT2D eigenvalue weighted by atomic mass is 10.1. The van der Waals surface area contributed by atoms with E-state index in [1.807, 2.05) is 19.9 Å². The number of aryl methyl sites for hydroxylation is 2. The van der Waals surface area contributed by atoms with E-state index in [0.29, 0.717) is 16.4 Å². The highest BCUT2D eigenvalue weighted by molar-refractivity contribution is 7.92. The molecule has 2 rings (SSSR count). The van der Waals surface area contributed by atoms with Crippen molar-refractivity contribution in [2.24, 2.45) is 0 Å². The summed E-state index contributed by atoms with van der Waals surface area (Å²) in [4.78, 5) is 12.6. The summed E-state index contributed by atoms with van der Waals surface area (Å²) < 4.78 is 25.8. The minimum atomic E-state index is -3.66. The lowest BCUT2D eigenvalue weighted by Crippen LogP contribution is -2.45. The van der Waals surface area contributed by atoms with Crippen LogP contribution >= 0.6 is 11.6 Å². The maximum Gasteiger partial charge on any atom is 0.248 e. The third-order valence-corrected chi connectivity index (χ3v) is 5.25. The molecule has 25 heavy (non-hydrogen) atoms. The normalized spacial score (nSPS) is 12.5. The van der Waals surface area contributed by atoms with Gasteiger partial charge < -0.3 is 5.32 Å². The van der Waals surface area contributed by atoms with Gasteiger partial charge in [-0.3, -0.25) is 9.10 Å². The highest BCUT2D eigenvalue weighted by Gasteiger charge is 2.29. The molecule has 1 amide bonds. The van der Waals surface area contributed by atoms with Crippen LogP contribution in [0, 0.1) is 13.8 Å². The van der Waals surface area contributed by atoms with Crippen molar-refractivity contribution >= 4 is 38.9 Å². The molecule has 1 atom stereocenters. The van der Waals surface area contributed by atoms with E-state index in [0.717, 1.165) is 21.7 Å². The van der Waals surface area contributed by atoms with Crippen LogP contribution in [0.1, 0.15) is 18.1 Å². The van der Waals surface area contributed by atoms with Crippen molar-refractivity contribution < 1.29 is 13.2 Å². The van der Waals surface area contributed by atoms with Crippen LogP contribution < -0.4 is 9.62 Å². The maximum atomic E-state index is 12.6. The zero-order chi connectivity index (χ0) is 18.8. The summed E-state index contributed by atoms with van der Waals surface area (Å²) in [5.74, 6) is -0.460. The van der Waals surface area contributed by atoms with Crippen LogP contribution in [-0.4, -0.2) is 26.6 Å². The molecule has 134 valence electrons. The van der Waals surface area contributed by atoms with Gasteiger partial charge in [0.05, 0.1) is 22.7 Å². The van der Waals surface area contributed by atoms with Gasteiger partial charge in [0.25, 0.3) is 0 Å². The summed E-state index contributed by atoms with van der Waals surface area (Å²) in [6, 6.07) is 11.3. The van der Waals surface area contributed by atoms with E-state index in [9.17, 15) is 13.2 Å². The van der Waals surface area contributed by atoms with Gasteiger partial charge in [-0.05, 0) is 56.2 Å². The van der Waals surface area contributed by atoms with Crippen LogP contribution in [0.4, 0.5) is 11.4 Å². The Labute approximate surface area is 153 Å². The summed E-state index contributed by atoms with van der Waals surface area (Å²) >= 11 is 6.05. The van der Waals surface area contributed by atoms with E-state index in [-0.39, 0.29) is 0 Å². The van der Waals surface area contributed by atoms with Gasteiger partial charge in [-0.15, -0.1) is 0 Å². The molecule has 0 saturated heterocycles. The smallest absolute Gasteiger partial charge is 0.248 e. The number of carbonyl (C=O) groups excluding carboxylic acids is 1. The molecule has 0 aliphatic heterocycles. The number of nitrogens with one attached hydrogen (secondary N) is 1. The summed E-state index contributed by atoms with van der Waals surface area (Å²) in [6.07, 6.45) is 1.09. The Balaban J connectivity index is 2.38. The van der Waals surface area contributed by atoms with Crippen LogP contribution in [0.3, 0.4) is 0 Å². The molecule has 2 aromatic carbocycles. The summed E-state index contributed by atoms with van der Waals surface area (Å²) in [6.45, 7) is 5.31. The highest BCUT2D eigenvalue weighted by Crippen LogP contribution is 2.25. The van der Waals surface area contributed by atoms with E-state index >= 15 is 0 Å². The molecule has 0 saturated carbocycles. The molecular formula is C18H21ClN2O3S. The average Bonchev–Trinajstić information content (AvgIpc) is 2.47. The van der Waals surface area contributed by atoms with E-state index < -0.39 is 22.0 Å². The van der Waals surface area contributed by atoms with Gasteiger partial charge in [0.1, 0.15) is 6.04 Å². The Kier molecular flexibility index (Phi) is 5.75. The zero-order valence-electron chi connectivity index (χ0n) is 14.6. The number of benzene rings is 2. The quantitative estimate of drug-likeness (QED) is 0.858. The predicted octanol–water partition coefficient (Wildman–Crippen LogP) is 3.75. The largest absolute Gasteiger partial charge is 0.323 e. The molecule has 5 nitrogen and oxygen atoms in total. The van der Waals surface area contributed by atoms with Gasteiger partial charge in [-0.1, -0.05) is 29.8 Å². The van der Waals surface area contributed by atoms with Gasteiger partial charge in [0.15, 0.2) is 0 Å². The van der Waals surface area contributed by atoms with E-state index in [1.165, 1.54) is 0 Å². The minimum Gasteiger partial charge on any atom is -0.323 e. The lowest BCUT2D eigenvalue weighted by Gasteiger charge is -2.29. The fourth-order valence-corrected chi connectivity index (χ4v) is 4.03. The van der Waals surface area contributed by atoms with E-state index in [1.54, 1.807) is 43.3 Å². The van der Waals surface area contributed by atoms with Crippen LogP contribution in [0.2, 0.25) is 5.02 Å². The SMILES string of the molecule is Cc1cc(C)cc(N([C@H](C)C(=O)Nc2ccccc2Cl)S(C)(=O)=O)c1. The highest BCUT2D eigenvalue weighted by atomic mass is 35.5. The molecule has 0 unspecified atom stereocenters. The fourth-order valence-electron chi connectivity index (χ4n) is 2.69. The first-order valence-electron chi connectivity index (χ1n) is 7.72. The minimum absolute atomic E-state index is 0.389. The molecule has 0 aromatic heterocycles. The third kappa shape index (κ3) is 4.74. The standard InChI is InChI=1S/C18H21ClN2O3S/c1-12-9-13(2)11-15(10-12)21(25(4,23)24)14(3)18(22)20-17-8-6-5-7-16(17)19/h5-11,14H,1-4H3,(H,20,22)/t14-/m1/s1. The van der Waals surface area contributed by atoms with E-state index in [4.69, 9.17) is 11.6 Å². The Morgan fingerprint density at radius 2 is 1.68 bits per heavy atom. The second-order valence-corrected chi connectivity index (χ2v) is 8.32. The molecule has 0 spiro atoms. The number of sulfonamides is 1. The zero-order valence-corrected chi connectivity index (χ0v) is 16.1. The number of nitrogens with zero attached hydrogens (tertiary/aromatic N) is 1. The first-order chi connectivity index (χ1) is 11.6. The van der Waals surface area contributed by atoms with E-state index in [2.05, 4.69) is 5.32 Å². The van der Waals surface area contributed by atoms with Gasteiger partial charge in [0, 0.05) is 0 Å². The van der Waals surface area contributed by atoms with Crippen LogP contribution in [0.15, 0.2) is 42.5 Å². The lowest BCUT2D eigenvalue weighted by molar-refractivity contribution is -0.116. The fraction of sp³-hybridized carbons (Fsp3) is 0.278. The number of hydrogen-bond donors (Lipinski definition) is 1. The van der Waals surface area contributed by atoms with Crippen molar-refractivity contribution in [3.8, 4) is 0 Å². The summed E-state index contributed by atoms with van der Waals surface area (Å²) in [5.41, 5.74) is 2.74. The maximum absolute atomic E-state index is 12.6. The van der Waals surface area contributed by atoms with Crippen LogP contribution in [0.5, 0.6) is 0 Å². The van der Waals surface area contributed by atoms with Gasteiger partial charge in [-0.2, -0.15) is 0 Å². The number of anilines is 2. The molecule has 0 radical (unpaired) electrons. The summed E-state index contributed by atoms with van der Waals surface area (Å²) in [7, 11) is -3.66. The number of halogens is 1. The van der Waals surface area contributed by atoms with Gasteiger partial charge >= 0.3 is 0 Å². The Morgan fingerprint density at radius 3 is 2.20 bits per heavy atom. The topological polar surface area (TPSA) is 66.5 Å². The average molecular weight is 381 g/mol. The molecule has 0 fully saturated rings. The Bertz CT molecular complexity index is 877. The number of carbonyl (C=O) groups is 1. The van der Waals surface area contributed by atoms with Crippen molar-refractivity contribution in [2.75, 3.05) is 15.9 Å². The Hall–Kier alpha value is -2.05.